The molecule has 0 unspecified atom stereocenters. The van der Waals surface area contributed by atoms with Crippen LogP contribution in [-0.2, 0) is 4.74 Å². The van der Waals surface area contributed by atoms with Crippen LogP contribution in [0.5, 0.6) is 0 Å². The summed E-state index contributed by atoms with van der Waals surface area (Å²) in [5.41, 5.74) is -0.921. The highest BCUT2D eigenvalue weighted by Gasteiger charge is 2.48. The molecule has 7 heteroatoms. The van der Waals surface area contributed by atoms with Gasteiger partial charge in [0.25, 0.3) is 0 Å². The lowest BCUT2D eigenvalue weighted by atomic mass is 9.70. The summed E-state index contributed by atoms with van der Waals surface area (Å²) in [4.78, 5) is 14.1. The molecule has 0 radical (unpaired) electrons. The van der Waals surface area contributed by atoms with E-state index in [1.165, 1.54) is 0 Å². The standard InChI is InChI=1S/C16H22Cl2N2O3/c1-15(2)9-20(7-6-16(15,22)10-23-3)14(21)19-13-5-4-11(17)8-12(13)18/h4-5,8,22H,6-7,9-10H2,1-3H3,(H,19,21)/t16-/m1/s1. The molecule has 1 aromatic rings. The van der Waals surface area contributed by atoms with Crippen molar-refractivity contribution in [2.45, 2.75) is 25.9 Å². The van der Waals surface area contributed by atoms with E-state index in [0.29, 0.717) is 35.2 Å². The van der Waals surface area contributed by atoms with Crippen molar-refractivity contribution in [3.63, 3.8) is 0 Å². The highest BCUT2D eigenvalue weighted by molar-refractivity contribution is 6.36. The van der Waals surface area contributed by atoms with Gasteiger partial charge in [-0.1, -0.05) is 37.0 Å². The molecule has 0 aromatic heterocycles. The number of benzene rings is 1. The predicted octanol–water partition coefficient (Wildman–Crippen LogP) is 3.63. The second-order valence-electron chi connectivity index (χ2n) is 6.57. The molecule has 1 heterocycles. The van der Waals surface area contributed by atoms with E-state index in [-0.39, 0.29) is 12.6 Å². The molecule has 1 atom stereocenters. The van der Waals surface area contributed by atoms with E-state index in [1.54, 1.807) is 30.2 Å². The lowest BCUT2D eigenvalue weighted by Gasteiger charge is -2.49. The first-order valence-corrected chi connectivity index (χ1v) is 8.16. The van der Waals surface area contributed by atoms with Crippen LogP contribution >= 0.6 is 23.2 Å². The molecule has 0 spiro atoms. The van der Waals surface area contributed by atoms with E-state index in [2.05, 4.69) is 5.32 Å². The van der Waals surface area contributed by atoms with Gasteiger partial charge in [-0.15, -0.1) is 0 Å². The number of halogens is 2. The van der Waals surface area contributed by atoms with Gasteiger partial charge in [0.05, 0.1) is 22.9 Å². The third-order valence-electron chi connectivity index (χ3n) is 4.48. The smallest absolute Gasteiger partial charge is 0.321 e. The summed E-state index contributed by atoms with van der Waals surface area (Å²) >= 11 is 11.9. The molecular formula is C16H22Cl2N2O3. The first-order chi connectivity index (χ1) is 10.7. The monoisotopic (exact) mass is 360 g/mol. The van der Waals surface area contributed by atoms with Gasteiger partial charge >= 0.3 is 6.03 Å². The molecule has 5 nitrogen and oxygen atoms in total. The number of hydrogen-bond donors (Lipinski definition) is 2. The highest BCUT2D eigenvalue weighted by atomic mass is 35.5. The van der Waals surface area contributed by atoms with Crippen molar-refractivity contribution in [1.82, 2.24) is 4.90 Å². The Labute approximate surface area is 146 Å². The third-order valence-corrected chi connectivity index (χ3v) is 5.03. The SMILES string of the molecule is COC[C@]1(O)CCN(C(=O)Nc2ccc(Cl)cc2Cl)CC1(C)C. The normalized spacial score (nSPS) is 23.7. The molecule has 2 N–H and O–H groups in total. The summed E-state index contributed by atoms with van der Waals surface area (Å²) in [6.07, 6.45) is 0.454. The van der Waals surface area contributed by atoms with Crippen LogP contribution in [0.25, 0.3) is 0 Å². The largest absolute Gasteiger partial charge is 0.387 e. The number of amides is 2. The van der Waals surface area contributed by atoms with Gasteiger partial charge < -0.3 is 20.1 Å². The number of urea groups is 1. The Morgan fingerprint density at radius 2 is 2.13 bits per heavy atom. The minimum absolute atomic E-state index is 0.248. The van der Waals surface area contributed by atoms with Crippen molar-refractivity contribution >= 4 is 34.9 Å². The van der Waals surface area contributed by atoms with Crippen LogP contribution in [0.3, 0.4) is 0 Å². The van der Waals surface area contributed by atoms with E-state index < -0.39 is 11.0 Å². The highest BCUT2D eigenvalue weighted by Crippen LogP contribution is 2.39. The van der Waals surface area contributed by atoms with Gasteiger partial charge in [0.1, 0.15) is 0 Å². The Hall–Kier alpha value is -1.01. The molecule has 128 valence electrons. The van der Waals surface area contributed by atoms with Crippen molar-refractivity contribution < 1.29 is 14.6 Å². The number of carbonyl (C=O) groups is 1. The van der Waals surface area contributed by atoms with Crippen LogP contribution in [0.4, 0.5) is 10.5 Å². The molecule has 1 aliphatic rings. The molecular weight excluding hydrogens is 339 g/mol. The van der Waals surface area contributed by atoms with Gasteiger partial charge in [0, 0.05) is 30.6 Å². The zero-order valence-corrected chi connectivity index (χ0v) is 15.0. The number of rotatable bonds is 3. The number of ether oxygens (including phenoxy) is 1. The van der Waals surface area contributed by atoms with Gasteiger partial charge in [-0.3, -0.25) is 0 Å². The molecule has 0 saturated carbocycles. The van der Waals surface area contributed by atoms with Gasteiger partial charge in [-0.25, -0.2) is 4.79 Å². The summed E-state index contributed by atoms with van der Waals surface area (Å²) in [5, 5.41) is 14.4. The fourth-order valence-electron chi connectivity index (χ4n) is 2.83. The molecule has 1 saturated heterocycles. The lowest BCUT2D eigenvalue weighted by Crippen LogP contribution is -2.61. The van der Waals surface area contributed by atoms with E-state index >= 15 is 0 Å². The second-order valence-corrected chi connectivity index (χ2v) is 7.42. The third kappa shape index (κ3) is 3.91. The number of aliphatic hydroxyl groups is 1. The van der Waals surface area contributed by atoms with Crippen molar-refractivity contribution in [2.75, 3.05) is 32.1 Å². The Morgan fingerprint density at radius 1 is 1.43 bits per heavy atom. The maximum atomic E-state index is 12.5. The molecule has 0 bridgehead atoms. The topological polar surface area (TPSA) is 61.8 Å². The summed E-state index contributed by atoms with van der Waals surface area (Å²) in [7, 11) is 1.57. The molecule has 1 aromatic carbocycles. The number of carbonyl (C=O) groups excluding carboxylic acids is 1. The number of hydrogen-bond acceptors (Lipinski definition) is 3. The molecule has 1 fully saturated rings. The maximum Gasteiger partial charge on any atom is 0.321 e. The first kappa shape index (κ1) is 18.3. The zero-order chi connectivity index (χ0) is 17.3. The Balaban J connectivity index is 2.07. The summed E-state index contributed by atoms with van der Waals surface area (Å²) in [5.74, 6) is 0. The fraction of sp³-hybridized carbons (Fsp3) is 0.562. The van der Waals surface area contributed by atoms with Gasteiger partial charge in [0.15, 0.2) is 0 Å². The van der Waals surface area contributed by atoms with Crippen LogP contribution in [0.1, 0.15) is 20.3 Å². The van der Waals surface area contributed by atoms with Crippen molar-refractivity contribution in [3.05, 3.63) is 28.2 Å². The molecule has 2 rings (SSSR count). The fourth-order valence-corrected chi connectivity index (χ4v) is 3.28. The van der Waals surface area contributed by atoms with Crippen LogP contribution < -0.4 is 5.32 Å². The maximum absolute atomic E-state index is 12.5. The number of anilines is 1. The van der Waals surface area contributed by atoms with Crippen molar-refractivity contribution in [3.8, 4) is 0 Å². The lowest BCUT2D eigenvalue weighted by molar-refractivity contribution is -0.143. The second kappa shape index (κ2) is 6.85. The van der Waals surface area contributed by atoms with Crippen molar-refractivity contribution in [2.24, 2.45) is 5.41 Å². The summed E-state index contributed by atoms with van der Waals surface area (Å²) in [6.45, 7) is 4.98. The van der Waals surface area contributed by atoms with Crippen LogP contribution in [0.15, 0.2) is 18.2 Å². The summed E-state index contributed by atoms with van der Waals surface area (Å²) < 4.78 is 5.14. The Kier molecular flexibility index (Phi) is 5.46. The number of methoxy groups -OCH3 is 1. The number of nitrogens with zero attached hydrogens (tertiary/aromatic N) is 1. The van der Waals surface area contributed by atoms with Crippen LogP contribution in [-0.4, -0.2) is 48.4 Å². The van der Waals surface area contributed by atoms with Gasteiger partial charge in [-0.05, 0) is 24.6 Å². The van der Waals surface area contributed by atoms with Crippen molar-refractivity contribution in [1.29, 1.82) is 0 Å². The average Bonchev–Trinajstić information content (AvgIpc) is 2.45. The molecule has 2 amide bonds. The molecule has 23 heavy (non-hydrogen) atoms. The molecule has 1 aliphatic heterocycles. The number of likely N-dealkylation sites (tertiary alicyclic amines) is 1. The Bertz CT molecular complexity index is 595. The Morgan fingerprint density at radius 3 is 2.70 bits per heavy atom. The first-order valence-electron chi connectivity index (χ1n) is 7.41. The van der Waals surface area contributed by atoms with E-state index in [0.717, 1.165) is 0 Å². The minimum Gasteiger partial charge on any atom is -0.387 e. The zero-order valence-electron chi connectivity index (χ0n) is 13.5. The number of piperidine rings is 1. The molecule has 0 aliphatic carbocycles. The quantitative estimate of drug-likeness (QED) is 0.864. The van der Waals surface area contributed by atoms with E-state index in [4.69, 9.17) is 27.9 Å². The van der Waals surface area contributed by atoms with Gasteiger partial charge in [0.2, 0.25) is 0 Å². The minimum atomic E-state index is -0.948. The van der Waals surface area contributed by atoms with Gasteiger partial charge in [-0.2, -0.15) is 0 Å². The number of nitrogens with one attached hydrogen (secondary N) is 1. The van der Waals surface area contributed by atoms with E-state index in [9.17, 15) is 9.90 Å². The van der Waals surface area contributed by atoms with Crippen LogP contribution in [0.2, 0.25) is 10.0 Å². The average molecular weight is 361 g/mol. The predicted molar refractivity (Wildman–Crippen MR) is 92.3 cm³/mol. The van der Waals surface area contributed by atoms with Crippen LogP contribution in [0, 0.1) is 5.41 Å². The van der Waals surface area contributed by atoms with E-state index in [1.807, 2.05) is 13.8 Å². The summed E-state index contributed by atoms with van der Waals surface area (Å²) in [6, 6.07) is 4.66.